The van der Waals surface area contributed by atoms with Crippen LogP contribution < -0.4 is 10.6 Å². The van der Waals surface area contributed by atoms with Gasteiger partial charge in [-0.15, -0.1) is 0 Å². The van der Waals surface area contributed by atoms with E-state index in [4.69, 9.17) is 0 Å². The minimum atomic E-state index is -0.0742. The standard InChI is InChI=1S/C27H42N2O2/c1-20-10-7-16-26(3,4)22(20)12-14-24(30)28-18-9-19-29-25(31)15-13-23-21(2)11-8-17-27(23,5)6/h12-15H,7-11,16-19H2,1-6H3,(H,28,30)(H,29,31)/b14-12+,15-13+. The largest absolute Gasteiger partial charge is 0.352 e. The van der Waals surface area contributed by atoms with Crippen LogP contribution in [0.25, 0.3) is 0 Å². The van der Waals surface area contributed by atoms with Crippen molar-refractivity contribution in [2.45, 2.75) is 86.5 Å². The van der Waals surface area contributed by atoms with E-state index in [2.05, 4.69) is 52.2 Å². The van der Waals surface area contributed by atoms with E-state index < -0.39 is 0 Å². The highest BCUT2D eigenvalue weighted by Gasteiger charge is 2.27. The lowest BCUT2D eigenvalue weighted by atomic mass is 9.72. The van der Waals surface area contributed by atoms with Gasteiger partial charge in [-0.05, 0) is 80.8 Å². The quantitative estimate of drug-likeness (QED) is 0.382. The van der Waals surface area contributed by atoms with Gasteiger partial charge in [0.2, 0.25) is 11.8 Å². The second-order valence-corrected chi connectivity index (χ2v) is 10.5. The number of allylic oxidation sites excluding steroid dienone is 6. The summed E-state index contributed by atoms with van der Waals surface area (Å²) in [5, 5.41) is 5.83. The van der Waals surface area contributed by atoms with Crippen molar-refractivity contribution in [2.75, 3.05) is 13.1 Å². The lowest BCUT2D eigenvalue weighted by Crippen LogP contribution is -2.28. The lowest BCUT2D eigenvalue weighted by molar-refractivity contribution is -0.116. The molecule has 0 fully saturated rings. The van der Waals surface area contributed by atoms with Gasteiger partial charge in [0, 0.05) is 25.2 Å². The van der Waals surface area contributed by atoms with Crippen molar-refractivity contribution in [3.63, 3.8) is 0 Å². The molecule has 0 unspecified atom stereocenters. The molecule has 0 aromatic heterocycles. The van der Waals surface area contributed by atoms with Gasteiger partial charge >= 0.3 is 0 Å². The minimum absolute atomic E-state index is 0.0742. The van der Waals surface area contributed by atoms with Crippen LogP contribution in [0.1, 0.15) is 86.5 Å². The van der Waals surface area contributed by atoms with Gasteiger partial charge in [0.25, 0.3) is 0 Å². The smallest absolute Gasteiger partial charge is 0.243 e. The van der Waals surface area contributed by atoms with Gasteiger partial charge < -0.3 is 10.6 Å². The van der Waals surface area contributed by atoms with Gasteiger partial charge in [0.15, 0.2) is 0 Å². The summed E-state index contributed by atoms with van der Waals surface area (Å²) in [6.45, 7) is 14.4. The molecule has 0 saturated carbocycles. The third kappa shape index (κ3) is 7.52. The lowest BCUT2D eigenvalue weighted by Gasteiger charge is -2.32. The van der Waals surface area contributed by atoms with E-state index in [9.17, 15) is 9.59 Å². The molecule has 0 aromatic carbocycles. The van der Waals surface area contributed by atoms with Crippen LogP contribution >= 0.6 is 0 Å². The van der Waals surface area contributed by atoms with Crippen LogP contribution in [0.2, 0.25) is 0 Å². The molecule has 2 N–H and O–H groups in total. The highest BCUT2D eigenvalue weighted by molar-refractivity contribution is 5.88. The van der Waals surface area contributed by atoms with Crippen LogP contribution in [-0.2, 0) is 9.59 Å². The van der Waals surface area contributed by atoms with Crippen molar-refractivity contribution in [1.29, 1.82) is 0 Å². The fourth-order valence-electron chi connectivity index (χ4n) is 4.97. The van der Waals surface area contributed by atoms with Gasteiger partial charge in [0.05, 0.1) is 0 Å². The average molecular weight is 427 g/mol. The second kappa shape index (κ2) is 11.0. The van der Waals surface area contributed by atoms with Crippen LogP contribution in [0.4, 0.5) is 0 Å². The molecule has 172 valence electrons. The fraction of sp³-hybridized carbons (Fsp3) is 0.630. The van der Waals surface area contributed by atoms with Crippen LogP contribution in [0, 0.1) is 10.8 Å². The summed E-state index contributed by atoms with van der Waals surface area (Å²) < 4.78 is 0. The number of amides is 2. The molecule has 0 radical (unpaired) electrons. The molecule has 2 rings (SSSR count). The zero-order valence-corrected chi connectivity index (χ0v) is 20.5. The SMILES string of the molecule is CC1=C(/C=C/C(=O)NCCCNC(=O)/C=C/C2=C(C)CCCC2(C)C)C(C)(C)CCC1. The number of carbonyl (C=O) groups excluding carboxylic acids is 2. The predicted molar refractivity (Wildman–Crippen MR) is 130 cm³/mol. The second-order valence-electron chi connectivity index (χ2n) is 10.5. The molecule has 0 heterocycles. The fourth-order valence-corrected chi connectivity index (χ4v) is 4.97. The van der Waals surface area contributed by atoms with E-state index in [1.54, 1.807) is 12.2 Å². The van der Waals surface area contributed by atoms with Crippen LogP contribution in [0.15, 0.2) is 46.6 Å². The third-order valence-corrected chi connectivity index (χ3v) is 6.84. The summed E-state index contributed by atoms with van der Waals surface area (Å²) in [4.78, 5) is 24.3. The van der Waals surface area contributed by atoms with Gasteiger partial charge in [-0.25, -0.2) is 0 Å². The summed E-state index contributed by atoms with van der Waals surface area (Å²) >= 11 is 0. The van der Waals surface area contributed by atoms with Crippen LogP contribution in [0.3, 0.4) is 0 Å². The zero-order chi connectivity index (χ0) is 23.1. The Balaban J connectivity index is 1.71. The molecule has 2 aliphatic carbocycles. The highest BCUT2D eigenvalue weighted by atomic mass is 16.2. The molecule has 0 aliphatic heterocycles. The Labute approximate surface area is 189 Å². The Bertz CT molecular complexity index is 728. The first-order valence-electron chi connectivity index (χ1n) is 11.9. The molecule has 2 amide bonds. The molecule has 2 aliphatic rings. The van der Waals surface area contributed by atoms with Crippen molar-refractivity contribution < 1.29 is 9.59 Å². The summed E-state index contributed by atoms with van der Waals surface area (Å²) in [6.07, 6.45) is 15.0. The Kier molecular flexibility index (Phi) is 8.90. The van der Waals surface area contributed by atoms with Crippen molar-refractivity contribution in [3.8, 4) is 0 Å². The summed E-state index contributed by atoms with van der Waals surface area (Å²) in [6, 6.07) is 0. The summed E-state index contributed by atoms with van der Waals surface area (Å²) in [5.41, 5.74) is 5.63. The minimum Gasteiger partial charge on any atom is -0.352 e. The number of hydrogen-bond donors (Lipinski definition) is 2. The molecular formula is C27H42N2O2. The molecule has 0 spiro atoms. The summed E-state index contributed by atoms with van der Waals surface area (Å²) in [5.74, 6) is -0.148. The monoisotopic (exact) mass is 426 g/mol. The van der Waals surface area contributed by atoms with Crippen molar-refractivity contribution in [3.05, 3.63) is 46.6 Å². The normalized spacial score (nSPS) is 21.1. The molecule has 31 heavy (non-hydrogen) atoms. The number of carbonyl (C=O) groups is 2. The molecule has 0 bridgehead atoms. The topological polar surface area (TPSA) is 58.2 Å². The van der Waals surface area contributed by atoms with Gasteiger partial charge in [0.1, 0.15) is 0 Å². The van der Waals surface area contributed by atoms with Crippen molar-refractivity contribution in [1.82, 2.24) is 10.6 Å². The van der Waals surface area contributed by atoms with E-state index in [0.717, 1.165) is 25.7 Å². The molecule has 4 nitrogen and oxygen atoms in total. The Hall–Kier alpha value is -2.10. The van der Waals surface area contributed by atoms with Crippen LogP contribution in [-0.4, -0.2) is 24.9 Å². The van der Waals surface area contributed by atoms with Gasteiger partial charge in [-0.1, -0.05) is 51.0 Å². The first-order chi connectivity index (χ1) is 14.5. The van der Waals surface area contributed by atoms with Gasteiger partial charge in [-0.2, -0.15) is 0 Å². The van der Waals surface area contributed by atoms with E-state index in [1.165, 1.54) is 35.1 Å². The van der Waals surface area contributed by atoms with E-state index in [-0.39, 0.29) is 22.6 Å². The van der Waals surface area contributed by atoms with Crippen molar-refractivity contribution in [2.24, 2.45) is 10.8 Å². The van der Waals surface area contributed by atoms with E-state index in [0.29, 0.717) is 19.5 Å². The van der Waals surface area contributed by atoms with E-state index in [1.807, 2.05) is 12.2 Å². The molecule has 0 atom stereocenters. The Morgan fingerprint density at radius 3 is 1.52 bits per heavy atom. The molecule has 0 saturated heterocycles. The van der Waals surface area contributed by atoms with E-state index >= 15 is 0 Å². The Morgan fingerprint density at radius 2 is 1.16 bits per heavy atom. The maximum Gasteiger partial charge on any atom is 0.243 e. The van der Waals surface area contributed by atoms with Crippen molar-refractivity contribution >= 4 is 11.8 Å². The maximum absolute atomic E-state index is 12.1. The third-order valence-electron chi connectivity index (χ3n) is 6.84. The van der Waals surface area contributed by atoms with Crippen LogP contribution in [0.5, 0.6) is 0 Å². The molecule has 4 heteroatoms. The van der Waals surface area contributed by atoms with Gasteiger partial charge in [-0.3, -0.25) is 9.59 Å². The maximum atomic E-state index is 12.1. The first kappa shape index (κ1) is 25.2. The number of rotatable bonds is 8. The first-order valence-corrected chi connectivity index (χ1v) is 11.9. The highest BCUT2D eigenvalue weighted by Crippen LogP contribution is 2.41. The number of nitrogens with one attached hydrogen (secondary N) is 2. The summed E-state index contributed by atoms with van der Waals surface area (Å²) in [7, 11) is 0. The average Bonchev–Trinajstić information content (AvgIpc) is 2.66. The molecular weight excluding hydrogens is 384 g/mol. The number of hydrogen-bond acceptors (Lipinski definition) is 2. The predicted octanol–water partition coefficient (Wildman–Crippen LogP) is 5.77. The molecule has 0 aromatic rings. The Morgan fingerprint density at radius 1 is 0.774 bits per heavy atom. The zero-order valence-electron chi connectivity index (χ0n) is 20.5.